The number of nitro groups is 1. The number of fused-ring (bicyclic) bond motifs is 3. The van der Waals surface area contributed by atoms with Crippen molar-refractivity contribution in [3.05, 3.63) is 66.7 Å². The van der Waals surface area contributed by atoms with Gasteiger partial charge in [0.1, 0.15) is 29.0 Å². The molecule has 0 spiro atoms. The number of nitrogens with two attached hydrogens (primary N) is 1. The highest BCUT2D eigenvalue weighted by Gasteiger charge is 2.61. The molecule has 1 aromatic heterocycles. The number of carbonyl (C=O) groups excluding carboxylic acids is 2. The fraction of sp³-hybridized carbons (Fsp3) is 0.464. The summed E-state index contributed by atoms with van der Waals surface area (Å²) in [5, 5.41) is 57.4. The summed E-state index contributed by atoms with van der Waals surface area (Å²) in [6, 6.07) is 0.856. The van der Waals surface area contributed by atoms with Crippen molar-refractivity contribution in [1.82, 2.24) is 9.88 Å². The number of aliphatic hydroxyl groups excluding tert-OH is 2. The Balaban J connectivity index is 1.59. The predicted molar refractivity (Wildman–Crippen MR) is 154 cm³/mol. The van der Waals surface area contributed by atoms with Crippen LogP contribution >= 0.6 is 11.3 Å². The first-order valence-electron chi connectivity index (χ1n) is 13.4. The number of rotatable bonds is 7. The van der Waals surface area contributed by atoms with Crippen LogP contribution in [0.25, 0.3) is 0 Å². The molecule has 0 aliphatic heterocycles. The fourth-order valence-corrected chi connectivity index (χ4v) is 7.51. The van der Waals surface area contributed by atoms with Gasteiger partial charge in [0.05, 0.1) is 16.0 Å². The van der Waals surface area contributed by atoms with Crippen molar-refractivity contribution < 1.29 is 34.9 Å². The minimum atomic E-state index is -2.41. The van der Waals surface area contributed by atoms with Gasteiger partial charge in [-0.3, -0.25) is 24.6 Å². The maximum atomic E-state index is 13.3. The van der Waals surface area contributed by atoms with E-state index in [1.54, 1.807) is 19.0 Å². The summed E-state index contributed by atoms with van der Waals surface area (Å²) in [4.78, 5) is 43.6. The number of phenols is 1. The molecule has 42 heavy (non-hydrogen) atoms. The summed E-state index contributed by atoms with van der Waals surface area (Å²) in [7, 11) is 6.98. The SMILES string of the molecule is CN(C)c1cc(CCc2ncc([N+](=O)[O-])s2)c(O)c2c1C[C@@H]1CC3[C@@H](N(C)C)C(=O)C(C(N)=O)=C(O)[C@]3(O)C(O)=C1C2. The number of allylic oxidation sites excluding steroid dienone is 1. The molecule has 0 radical (unpaired) electrons. The lowest BCUT2D eigenvalue weighted by Gasteiger charge is -2.51. The molecule has 1 unspecified atom stereocenters. The Morgan fingerprint density at radius 2 is 1.88 bits per heavy atom. The number of benzene rings is 1. The molecule has 0 saturated carbocycles. The minimum absolute atomic E-state index is 0.0112. The first-order chi connectivity index (χ1) is 19.7. The summed E-state index contributed by atoms with van der Waals surface area (Å²) in [5.41, 5.74) is 5.53. The van der Waals surface area contributed by atoms with E-state index in [2.05, 4.69) is 4.98 Å². The zero-order valence-corrected chi connectivity index (χ0v) is 24.4. The summed E-state index contributed by atoms with van der Waals surface area (Å²) >= 11 is 0.976. The lowest BCUT2D eigenvalue weighted by molar-refractivity contribution is -0.380. The van der Waals surface area contributed by atoms with Crippen LogP contribution in [0.4, 0.5) is 10.7 Å². The molecule has 1 heterocycles. The molecule has 6 N–H and O–H groups in total. The number of aliphatic hydroxyl groups is 3. The minimum Gasteiger partial charge on any atom is -0.509 e. The van der Waals surface area contributed by atoms with Crippen molar-refractivity contribution in [3.63, 3.8) is 0 Å². The number of hydrogen-bond donors (Lipinski definition) is 5. The zero-order chi connectivity index (χ0) is 30.8. The van der Waals surface area contributed by atoms with Crippen LogP contribution in [0.5, 0.6) is 5.75 Å². The smallest absolute Gasteiger partial charge is 0.343 e. The second-order valence-electron chi connectivity index (χ2n) is 11.5. The molecule has 1 amide bonds. The van der Waals surface area contributed by atoms with Gasteiger partial charge in [0.15, 0.2) is 11.4 Å². The number of ketones is 1. The number of nitrogens with zero attached hydrogens (tertiary/aromatic N) is 4. The first-order valence-corrected chi connectivity index (χ1v) is 14.2. The molecule has 13 nitrogen and oxygen atoms in total. The number of carbonyl (C=O) groups is 2. The molecule has 5 rings (SSSR count). The van der Waals surface area contributed by atoms with Crippen molar-refractivity contribution in [2.24, 2.45) is 17.6 Å². The monoisotopic (exact) mass is 599 g/mol. The highest BCUT2D eigenvalue weighted by atomic mass is 32.1. The molecule has 1 aromatic carbocycles. The van der Waals surface area contributed by atoms with Gasteiger partial charge in [0.2, 0.25) is 0 Å². The molecule has 3 aliphatic rings. The average molecular weight is 600 g/mol. The number of thiazole rings is 1. The summed E-state index contributed by atoms with van der Waals surface area (Å²) in [6.07, 6.45) is 2.60. The van der Waals surface area contributed by atoms with Crippen LogP contribution in [-0.2, 0) is 35.3 Å². The van der Waals surface area contributed by atoms with Gasteiger partial charge in [-0.2, -0.15) is 0 Å². The van der Waals surface area contributed by atoms with Gasteiger partial charge < -0.3 is 31.1 Å². The maximum absolute atomic E-state index is 13.3. The topological polar surface area (TPSA) is 204 Å². The molecule has 4 atom stereocenters. The van der Waals surface area contributed by atoms with Gasteiger partial charge >= 0.3 is 5.00 Å². The van der Waals surface area contributed by atoms with Crippen LogP contribution in [0, 0.1) is 22.0 Å². The van der Waals surface area contributed by atoms with E-state index in [1.165, 1.54) is 6.20 Å². The van der Waals surface area contributed by atoms with Crippen LogP contribution in [0.1, 0.15) is 28.1 Å². The Bertz CT molecular complexity index is 1580. The quantitative estimate of drug-likeness (QED) is 0.176. The van der Waals surface area contributed by atoms with Gasteiger partial charge in [-0.05, 0) is 73.4 Å². The van der Waals surface area contributed by atoms with Crippen LogP contribution in [0.15, 0.2) is 34.9 Å². The van der Waals surface area contributed by atoms with Crippen molar-refractivity contribution in [3.8, 4) is 5.75 Å². The van der Waals surface area contributed by atoms with Gasteiger partial charge in [-0.1, -0.05) is 0 Å². The fourth-order valence-electron chi connectivity index (χ4n) is 6.78. The van der Waals surface area contributed by atoms with E-state index >= 15 is 0 Å². The summed E-state index contributed by atoms with van der Waals surface area (Å²) in [6.45, 7) is 0. The number of anilines is 1. The van der Waals surface area contributed by atoms with Gasteiger partial charge in [0.25, 0.3) is 5.91 Å². The molecule has 0 saturated heterocycles. The van der Waals surface area contributed by atoms with E-state index in [9.17, 15) is 40.1 Å². The van der Waals surface area contributed by atoms with Gasteiger partial charge in [-0.25, -0.2) is 4.98 Å². The molecule has 0 bridgehead atoms. The number of primary amides is 1. The number of likely N-dealkylation sites (N-methyl/N-ethyl adjacent to an activating group) is 1. The highest BCUT2D eigenvalue weighted by molar-refractivity contribution is 7.14. The van der Waals surface area contributed by atoms with E-state index in [0.29, 0.717) is 41.0 Å². The average Bonchev–Trinajstić information content (AvgIpc) is 3.39. The lowest BCUT2D eigenvalue weighted by Crippen LogP contribution is -2.62. The third-order valence-corrected chi connectivity index (χ3v) is 9.74. The number of amides is 1. The molecule has 0 fully saturated rings. The Kier molecular flexibility index (Phi) is 7.28. The van der Waals surface area contributed by atoms with Crippen molar-refractivity contribution in [2.45, 2.75) is 43.7 Å². The lowest BCUT2D eigenvalue weighted by atomic mass is 9.59. The largest absolute Gasteiger partial charge is 0.509 e. The maximum Gasteiger partial charge on any atom is 0.343 e. The Labute approximate surface area is 245 Å². The van der Waals surface area contributed by atoms with E-state index in [4.69, 9.17) is 5.73 Å². The van der Waals surface area contributed by atoms with Crippen LogP contribution in [0.3, 0.4) is 0 Å². The Morgan fingerprint density at radius 1 is 1.19 bits per heavy atom. The van der Waals surface area contributed by atoms with Crippen LogP contribution in [-0.4, -0.2) is 86.8 Å². The second-order valence-corrected chi connectivity index (χ2v) is 12.6. The molecule has 3 aliphatic carbocycles. The van der Waals surface area contributed by atoms with Crippen molar-refractivity contribution in [2.75, 3.05) is 33.1 Å². The summed E-state index contributed by atoms with van der Waals surface area (Å²) < 4.78 is 0. The van der Waals surface area contributed by atoms with Crippen LogP contribution < -0.4 is 10.6 Å². The number of Topliss-reactive ketones (excluding diaryl/α,β-unsaturated/α-hetero) is 1. The van der Waals surface area contributed by atoms with E-state index in [-0.39, 0.29) is 29.5 Å². The third-order valence-electron chi connectivity index (χ3n) is 8.73. The molecule has 224 valence electrons. The Morgan fingerprint density at radius 3 is 2.45 bits per heavy atom. The molecule has 14 heteroatoms. The normalized spacial score (nSPS) is 25.3. The second kappa shape index (κ2) is 10.4. The molecule has 2 aromatic rings. The number of hydrogen-bond acceptors (Lipinski definition) is 12. The first kappa shape index (κ1) is 29.5. The number of aryl methyl sites for hydroxylation is 2. The predicted octanol–water partition coefficient (Wildman–Crippen LogP) is 1.70. The molecular weight excluding hydrogens is 566 g/mol. The van der Waals surface area contributed by atoms with E-state index < -0.39 is 51.3 Å². The van der Waals surface area contributed by atoms with Gasteiger partial charge in [0, 0.05) is 44.1 Å². The van der Waals surface area contributed by atoms with E-state index in [1.807, 2.05) is 25.1 Å². The van der Waals surface area contributed by atoms with Crippen molar-refractivity contribution in [1.29, 1.82) is 0 Å². The van der Waals surface area contributed by atoms with Crippen LogP contribution in [0.2, 0.25) is 0 Å². The van der Waals surface area contributed by atoms with Gasteiger partial charge in [-0.15, -0.1) is 0 Å². The number of aromatic nitrogens is 1. The Hall–Kier alpha value is -4.01. The van der Waals surface area contributed by atoms with E-state index in [0.717, 1.165) is 22.6 Å². The number of aromatic hydroxyl groups is 1. The number of phenolic OH excluding ortho intramolecular Hbond substituents is 1. The zero-order valence-electron chi connectivity index (χ0n) is 23.6. The van der Waals surface area contributed by atoms with Crippen molar-refractivity contribution >= 4 is 33.7 Å². The molecular formula is C28H33N5O8S. The third kappa shape index (κ3) is 4.41. The highest BCUT2D eigenvalue weighted by Crippen LogP contribution is 2.54. The summed E-state index contributed by atoms with van der Waals surface area (Å²) in [5.74, 6) is -4.69. The standard InChI is InChI=1S/C28H33N5O8S/c1-31(2)18-9-12(5-6-19-30-11-20(42-19)33(40)41)23(34)16-10-14-13(7-15(16)18)8-17-22(32(3)4)24(35)21(27(29)38)26(37)28(17,39)25(14)36/h9,11,13,17,22,34,36-37,39H,5-8,10H2,1-4H3,(H2,29,38)/t13-,17?,22-,28-/m1/s1.